The van der Waals surface area contributed by atoms with Crippen LogP contribution in [0.4, 0.5) is 0 Å². The molecule has 0 aromatic heterocycles. The van der Waals surface area contributed by atoms with Crippen molar-refractivity contribution >= 4 is 23.5 Å². The van der Waals surface area contributed by atoms with Crippen LogP contribution >= 0.6 is 23.5 Å². The van der Waals surface area contributed by atoms with Gasteiger partial charge in [0, 0.05) is 4.24 Å². The van der Waals surface area contributed by atoms with Crippen LogP contribution in [0.25, 0.3) is 4.85 Å². The van der Waals surface area contributed by atoms with E-state index in [0.717, 1.165) is 25.2 Å². The summed E-state index contributed by atoms with van der Waals surface area (Å²) in [4.78, 5) is 5.16. The quantitative estimate of drug-likeness (QED) is 0.306. The van der Waals surface area contributed by atoms with Gasteiger partial charge >= 0.3 is 103 Å². The number of benzene rings is 1. The van der Waals surface area contributed by atoms with Gasteiger partial charge in [-0.2, -0.15) is 23.5 Å². The van der Waals surface area contributed by atoms with Crippen molar-refractivity contribution < 1.29 is 103 Å². The predicted octanol–water partition coefficient (Wildman–Crippen LogP) is -2.28. The van der Waals surface area contributed by atoms with Gasteiger partial charge in [0.2, 0.25) is 0 Å². The maximum atomic E-state index is 8.81. The van der Waals surface area contributed by atoms with Gasteiger partial charge < -0.3 is 12.1 Å². The first-order valence-electron chi connectivity index (χ1n) is 4.49. The molecule has 0 unspecified atom stereocenters. The Morgan fingerprint density at radius 1 is 1.17 bits per heavy atom. The van der Waals surface area contributed by atoms with E-state index in [2.05, 4.69) is 17.0 Å². The molecule has 0 saturated carbocycles. The van der Waals surface area contributed by atoms with Gasteiger partial charge in [-0.05, 0) is 0 Å². The molecule has 6 heteroatoms. The molecule has 78 valence electrons. The van der Waals surface area contributed by atoms with Gasteiger partial charge in [0.05, 0.1) is 12.6 Å². The van der Waals surface area contributed by atoms with E-state index in [0.29, 0.717) is 0 Å². The fourth-order valence-corrected chi connectivity index (χ4v) is 3.56. The molecule has 0 aliphatic carbocycles. The fourth-order valence-electron chi connectivity index (χ4n) is 1.20. The van der Waals surface area contributed by atoms with Gasteiger partial charge in [-0.1, -0.05) is 0 Å². The van der Waals surface area contributed by atoms with Gasteiger partial charge in [-0.3, -0.25) is 11.1 Å². The van der Waals surface area contributed by atoms with Crippen LogP contribution in [0.15, 0.2) is 19.7 Å². The maximum absolute atomic E-state index is 8.81. The first kappa shape index (κ1) is 19.9. The van der Waals surface area contributed by atoms with Crippen LogP contribution in [0.3, 0.4) is 0 Å². The zero-order chi connectivity index (χ0) is 11.7. The minimum Gasteiger partial charge on any atom is -0.301 e. The molecule has 1 aromatic rings. The van der Waals surface area contributed by atoms with Crippen molar-refractivity contribution in [1.29, 1.82) is 5.26 Å². The number of nitriles is 1. The molecule has 2 nitrogen and oxygen atoms in total. The molecule has 2 rings (SSSR count). The molecule has 0 N–H and O–H groups in total. The van der Waals surface area contributed by atoms with E-state index < -0.39 is 0 Å². The summed E-state index contributed by atoms with van der Waals surface area (Å²) in [5.74, 6) is 0. The molecule has 1 heterocycles. The van der Waals surface area contributed by atoms with Crippen molar-refractivity contribution in [3.63, 3.8) is 0 Å². The van der Waals surface area contributed by atoms with E-state index in [1.165, 1.54) is 23.5 Å². The number of rotatable bonds is 0. The van der Waals surface area contributed by atoms with E-state index in [1.807, 2.05) is 19.9 Å². The predicted molar refractivity (Wildman–Crippen MR) is 64.5 cm³/mol. The van der Waals surface area contributed by atoms with Gasteiger partial charge in [-0.15, -0.1) is 13.8 Å². The summed E-state index contributed by atoms with van der Waals surface area (Å²) in [5.41, 5.74) is 2.28. The first-order chi connectivity index (χ1) is 7.65. The molecular weight excluding hydrogens is 314 g/mol. The minimum absolute atomic E-state index is 0. The van der Waals surface area contributed by atoms with Gasteiger partial charge in [0.15, 0.2) is 0 Å². The van der Waals surface area contributed by atoms with E-state index >= 15 is 0 Å². The molecule has 18 heavy (non-hydrogen) atoms. The standard InChI is InChI=1S/C12H6N2S2.2K/c1-7-4-10-11(5-8(7)2)16-12(15-10)9(6-13)14-3;;/h1-2H3;;/q-2;2*+1. The molecule has 0 atom stereocenters. The average molecular weight is 321 g/mol. The molecule has 0 bridgehead atoms. The summed E-state index contributed by atoms with van der Waals surface area (Å²) in [5, 5.41) is 8.81. The third kappa shape index (κ3) is 4.46. The summed E-state index contributed by atoms with van der Waals surface area (Å²) < 4.78 is 0.741. The summed E-state index contributed by atoms with van der Waals surface area (Å²) in [6, 6.07) is 8.42. The van der Waals surface area contributed by atoms with Crippen LogP contribution in [-0.2, 0) is 0 Å². The number of allylic oxidation sites excluding steroid dienone is 1. The average Bonchev–Trinajstić information content (AvgIpc) is 2.63. The summed E-state index contributed by atoms with van der Waals surface area (Å²) in [6.45, 7) is 10.9. The molecular formula is C12H6K2N2S2. The molecule has 1 aromatic carbocycles. The Kier molecular flexibility index (Phi) is 10.00. The third-order valence-corrected chi connectivity index (χ3v) is 4.58. The number of hydrogen-bond donors (Lipinski definition) is 0. The van der Waals surface area contributed by atoms with Crippen LogP contribution in [-0.4, -0.2) is 0 Å². The Morgan fingerprint density at radius 2 is 1.61 bits per heavy atom. The number of aryl methyl sites for hydroxylation is 2. The first-order valence-corrected chi connectivity index (χ1v) is 6.12. The molecule has 0 radical (unpaired) electrons. The Balaban J connectivity index is 0.00000144. The minimum atomic E-state index is 0. The Hall–Kier alpha value is 1.91. The van der Waals surface area contributed by atoms with Crippen LogP contribution in [0.1, 0.15) is 11.1 Å². The van der Waals surface area contributed by atoms with Crippen LogP contribution in [0.5, 0.6) is 0 Å². The molecule has 0 saturated heterocycles. The molecule has 0 fully saturated rings. The summed E-state index contributed by atoms with van der Waals surface area (Å²) in [6.07, 6.45) is 0. The van der Waals surface area contributed by atoms with E-state index in [9.17, 15) is 0 Å². The molecule has 0 spiro atoms. The number of nitrogens with zero attached hydrogens (tertiary/aromatic N) is 2. The summed E-state index contributed by atoms with van der Waals surface area (Å²) in [7, 11) is 0. The Bertz CT molecular complexity index is 534. The number of hydrogen-bond acceptors (Lipinski definition) is 3. The molecule has 0 amide bonds. The summed E-state index contributed by atoms with van der Waals surface area (Å²) >= 11 is 2.87. The largest absolute Gasteiger partial charge is 1.00 e. The van der Waals surface area contributed by atoms with E-state index in [1.54, 1.807) is 0 Å². The van der Waals surface area contributed by atoms with Crippen LogP contribution in [0, 0.1) is 43.9 Å². The fraction of sp³-hybridized carbons (Fsp3) is 0.167. The van der Waals surface area contributed by atoms with Gasteiger partial charge in [-0.25, -0.2) is 19.9 Å². The number of fused-ring (bicyclic) bond motifs is 1. The molecule has 1 aliphatic rings. The van der Waals surface area contributed by atoms with Crippen LogP contribution < -0.4 is 103 Å². The monoisotopic (exact) mass is 320 g/mol. The van der Waals surface area contributed by atoms with Crippen molar-refractivity contribution in [2.75, 3.05) is 0 Å². The Labute approximate surface area is 201 Å². The zero-order valence-electron chi connectivity index (χ0n) is 10.7. The SMILES string of the molecule is [C-]#[N+]C(C#N)=C1Sc2[c-]c(C)c(C)[c-]c2S1.[K+].[K+]. The normalized spacial score (nSPS) is 11.4. The number of thioether (sulfide) groups is 2. The van der Waals surface area contributed by atoms with Crippen LogP contribution in [0.2, 0.25) is 0 Å². The van der Waals surface area contributed by atoms with Gasteiger partial charge in [0.1, 0.15) is 0 Å². The third-order valence-electron chi connectivity index (χ3n) is 2.17. The second kappa shape index (κ2) is 9.04. The van der Waals surface area contributed by atoms with Crippen molar-refractivity contribution in [3.8, 4) is 6.07 Å². The molecule has 1 aliphatic heterocycles. The second-order valence-electron chi connectivity index (χ2n) is 3.22. The van der Waals surface area contributed by atoms with Crippen molar-refractivity contribution in [2.24, 2.45) is 0 Å². The second-order valence-corrected chi connectivity index (χ2v) is 5.52. The van der Waals surface area contributed by atoms with Crippen molar-refractivity contribution in [1.82, 2.24) is 0 Å². The van der Waals surface area contributed by atoms with E-state index in [-0.39, 0.29) is 108 Å². The topological polar surface area (TPSA) is 28.1 Å². The smallest absolute Gasteiger partial charge is 0.301 e. The Morgan fingerprint density at radius 3 is 1.94 bits per heavy atom. The zero-order valence-corrected chi connectivity index (χ0v) is 18.6. The van der Waals surface area contributed by atoms with Crippen molar-refractivity contribution in [2.45, 2.75) is 23.6 Å². The maximum Gasteiger partial charge on any atom is 1.00 e. The van der Waals surface area contributed by atoms with Gasteiger partial charge in [0.25, 0.3) is 5.70 Å². The van der Waals surface area contributed by atoms with Crippen molar-refractivity contribution in [3.05, 3.63) is 44.6 Å². The van der Waals surface area contributed by atoms with E-state index in [4.69, 9.17) is 11.8 Å².